The molecule has 0 radical (unpaired) electrons. The third-order valence-corrected chi connectivity index (χ3v) is 7.70. The summed E-state index contributed by atoms with van der Waals surface area (Å²) in [5.41, 5.74) is -0.440. The molecule has 2 amide bonds. The van der Waals surface area contributed by atoms with Crippen molar-refractivity contribution in [3.63, 3.8) is 0 Å². The molecule has 2 atom stereocenters. The second-order valence-corrected chi connectivity index (χ2v) is 10.4. The fraction of sp³-hybridized carbons (Fsp3) is 0.296. The Hall–Kier alpha value is -4.39. The van der Waals surface area contributed by atoms with E-state index in [0.717, 1.165) is 31.2 Å². The largest absolute Gasteiger partial charge is 0.318 e. The van der Waals surface area contributed by atoms with Crippen LogP contribution in [0.1, 0.15) is 46.7 Å². The number of halogens is 4. The maximum absolute atomic E-state index is 14.7. The highest BCUT2D eigenvalue weighted by atomic mass is 35.5. The number of alkyl halides is 2. The van der Waals surface area contributed by atoms with E-state index in [2.05, 4.69) is 30.6 Å². The molecule has 4 aromatic rings. The number of amides is 2. The molecule has 0 bridgehead atoms. The quantitative estimate of drug-likeness (QED) is 0.331. The zero-order chi connectivity index (χ0) is 28.8. The topological polar surface area (TPSA) is 119 Å². The van der Waals surface area contributed by atoms with E-state index in [0.29, 0.717) is 29.7 Å². The molecular formula is C27H22ClF3N8O2. The van der Waals surface area contributed by atoms with Crippen LogP contribution in [0, 0.1) is 24.6 Å². The Kier molecular flexibility index (Phi) is 6.89. The van der Waals surface area contributed by atoms with E-state index in [-0.39, 0.29) is 40.5 Å². The van der Waals surface area contributed by atoms with E-state index in [4.69, 9.17) is 11.6 Å². The van der Waals surface area contributed by atoms with Gasteiger partial charge < -0.3 is 5.32 Å². The predicted octanol–water partition coefficient (Wildman–Crippen LogP) is 4.84. The summed E-state index contributed by atoms with van der Waals surface area (Å²) < 4.78 is 43.4. The highest BCUT2D eigenvalue weighted by Gasteiger charge is 2.47. The SMILES string of the molecule is Cc1ncc(-c2c(C(F)F)ccc(Cl)c2F)nc1C(=O)Nc1cnn(Cc2ccc(N3C[C@H]4CC[C@H]4C3=O)nn2)c1. The predicted molar refractivity (Wildman–Crippen MR) is 142 cm³/mol. The number of nitrogens with zero attached hydrogens (tertiary/aromatic N) is 7. The molecule has 41 heavy (non-hydrogen) atoms. The lowest BCUT2D eigenvalue weighted by Crippen LogP contribution is -2.29. The van der Waals surface area contributed by atoms with Gasteiger partial charge >= 0.3 is 0 Å². The van der Waals surface area contributed by atoms with Crippen molar-refractivity contribution in [2.75, 3.05) is 16.8 Å². The normalized spacial score (nSPS) is 18.0. The number of hydrogen-bond donors (Lipinski definition) is 1. The summed E-state index contributed by atoms with van der Waals surface area (Å²) in [6, 6.07) is 5.57. The summed E-state index contributed by atoms with van der Waals surface area (Å²) >= 11 is 5.82. The first-order valence-corrected chi connectivity index (χ1v) is 13.1. The van der Waals surface area contributed by atoms with Crippen molar-refractivity contribution in [3.8, 4) is 11.3 Å². The van der Waals surface area contributed by atoms with E-state index in [9.17, 15) is 22.8 Å². The lowest BCUT2D eigenvalue weighted by molar-refractivity contribution is -0.123. The van der Waals surface area contributed by atoms with Crippen molar-refractivity contribution < 1.29 is 22.8 Å². The standard InChI is InChI=1S/C27H22ClF3N8O2/c1-13-24(35-20(9-32-13)22-18(25(30)31)5-6-19(28)23(22)29)26(40)34-16-8-33-38(12-16)11-15-3-7-21(37-36-15)39-10-14-2-4-17(14)27(39)41/h3,5-9,12,14,17,25H,2,4,10-11H2,1H3,(H,34,40)/t14-,17-/m1/s1. The minimum Gasteiger partial charge on any atom is -0.318 e. The van der Waals surface area contributed by atoms with Gasteiger partial charge in [0, 0.05) is 29.8 Å². The van der Waals surface area contributed by atoms with Crippen LogP contribution < -0.4 is 10.2 Å². The first-order chi connectivity index (χ1) is 19.7. The first-order valence-electron chi connectivity index (χ1n) is 12.8. The van der Waals surface area contributed by atoms with Crippen LogP contribution in [0.5, 0.6) is 0 Å². The van der Waals surface area contributed by atoms with Crippen molar-refractivity contribution in [3.05, 3.63) is 76.3 Å². The zero-order valence-electron chi connectivity index (χ0n) is 21.6. The van der Waals surface area contributed by atoms with Gasteiger partial charge in [-0.25, -0.2) is 18.2 Å². The number of anilines is 2. The number of benzene rings is 1. The molecule has 1 aromatic carbocycles. The molecule has 2 fully saturated rings. The Bertz CT molecular complexity index is 1660. The van der Waals surface area contributed by atoms with Crippen LogP contribution in [0.4, 0.5) is 24.7 Å². The van der Waals surface area contributed by atoms with Gasteiger partial charge in [0.1, 0.15) is 5.69 Å². The molecule has 2 aliphatic rings. The van der Waals surface area contributed by atoms with E-state index in [1.807, 2.05) is 0 Å². The third-order valence-electron chi connectivity index (χ3n) is 7.40. The number of rotatable bonds is 7. The molecule has 210 valence electrons. The van der Waals surface area contributed by atoms with Gasteiger partial charge in [-0.05, 0) is 43.9 Å². The maximum Gasteiger partial charge on any atom is 0.276 e. The lowest BCUT2D eigenvalue weighted by Gasteiger charge is -2.25. The van der Waals surface area contributed by atoms with Crippen molar-refractivity contribution in [2.24, 2.45) is 11.8 Å². The van der Waals surface area contributed by atoms with E-state index >= 15 is 0 Å². The molecule has 4 heterocycles. The smallest absolute Gasteiger partial charge is 0.276 e. The fourth-order valence-corrected chi connectivity index (χ4v) is 5.25. The van der Waals surface area contributed by atoms with Gasteiger partial charge in [-0.1, -0.05) is 17.7 Å². The molecule has 1 aliphatic carbocycles. The molecule has 6 rings (SSSR count). The number of hydrogen-bond acceptors (Lipinski definition) is 7. The average molecular weight is 583 g/mol. The number of fused-ring (bicyclic) bond motifs is 1. The molecule has 1 saturated heterocycles. The van der Waals surface area contributed by atoms with Gasteiger partial charge in [-0.2, -0.15) is 10.2 Å². The van der Waals surface area contributed by atoms with Gasteiger partial charge in [0.05, 0.1) is 46.7 Å². The van der Waals surface area contributed by atoms with Crippen LogP contribution >= 0.6 is 11.6 Å². The summed E-state index contributed by atoms with van der Waals surface area (Å²) in [5, 5.41) is 14.9. The van der Waals surface area contributed by atoms with E-state index < -0.39 is 29.3 Å². The van der Waals surface area contributed by atoms with Gasteiger partial charge in [0.15, 0.2) is 11.6 Å². The lowest BCUT2D eigenvalue weighted by atomic mass is 9.76. The Balaban J connectivity index is 1.16. The van der Waals surface area contributed by atoms with Gasteiger partial charge in [-0.15, -0.1) is 5.10 Å². The molecule has 0 unspecified atom stereocenters. The van der Waals surface area contributed by atoms with Gasteiger partial charge in [0.2, 0.25) is 5.91 Å². The van der Waals surface area contributed by atoms with Crippen LogP contribution in [0.2, 0.25) is 5.02 Å². The van der Waals surface area contributed by atoms with E-state index in [1.54, 1.807) is 23.2 Å². The summed E-state index contributed by atoms with van der Waals surface area (Å²) in [6.45, 7) is 2.44. The van der Waals surface area contributed by atoms with Crippen molar-refractivity contribution in [1.29, 1.82) is 0 Å². The number of aromatic nitrogens is 6. The Labute approximate surface area is 236 Å². The third kappa shape index (κ3) is 5.01. The molecule has 14 heteroatoms. The van der Waals surface area contributed by atoms with Crippen LogP contribution in [0.15, 0.2) is 42.9 Å². The van der Waals surface area contributed by atoms with Crippen LogP contribution in [-0.2, 0) is 11.3 Å². The summed E-state index contributed by atoms with van der Waals surface area (Å²) in [7, 11) is 0. The zero-order valence-corrected chi connectivity index (χ0v) is 22.3. The molecule has 10 nitrogen and oxygen atoms in total. The summed E-state index contributed by atoms with van der Waals surface area (Å²) in [4.78, 5) is 35.4. The summed E-state index contributed by atoms with van der Waals surface area (Å²) in [5.74, 6) is -0.616. The van der Waals surface area contributed by atoms with Crippen LogP contribution in [0.25, 0.3) is 11.3 Å². The fourth-order valence-electron chi connectivity index (χ4n) is 5.09. The molecule has 1 aliphatic heterocycles. The average Bonchev–Trinajstić information content (AvgIpc) is 3.45. The maximum atomic E-state index is 14.7. The first kappa shape index (κ1) is 26.8. The minimum atomic E-state index is -3.00. The van der Waals surface area contributed by atoms with Crippen molar-refractivity contribution in [2.45, 2.75) is 32.7 Å². The second-order valence-electron chi connectivity index (χ2n) is 9.97. The van der Waals surface area contributed by atoms with Gasteiger partial charge in [0.25, 0.3) is 12.3 Å². The highest BCUT2D eigenvalue weighted by Crippen LogP contribution is 2.42. The van der Waals surface area contributed by atoms with Gasteiger partial charge in [-0.3, -0.25) is 24.2 Å². The van der Waals surface area contributed by atoms with Crippen molar-refractivity contribution >= 4 is 34.9 Å². The Morgan fingerprint density at radius 1 is 1.17 bits per heavy atom. The highest BCUT2D eigenvalue weighted by molar-refractivity contribution is 6.31. The summed E-state index contributed by atoms with van der Waals surface area (Å²) in [6.07, 6.45) is 3.09. The van der Waals surface area contributed by atoms with E-state index in [1.165, 1.54) is 17.8 Å². The minimum absolute atomic E-state index is 0.105. The number of carbonyl (C=O) groups excluding carboxylic acids is 2. The Morgan fingerprint density at radius 2 is 2.00 bits per heavy atom. The number of aryl methyl sites for hydroxylation is 1. The second kappa shape index (κ2) is 10.5. The number of carbonyl (C=O) groups is 2. The molecule has 3 aromatic heterocycles. The monoisotopic (exact) mass is 582 g/mol. The molecule has 0 spiro atoms. The molecular weight excluding hydrogens is 561 g/mol. The van der Waals surface area contributed by atoms with Crippen LogP contribution in [-0.4, -0.2) is 48.3 Å². The van der Waals surface area contributed by atoms with Crippen LogP contribution in [0.3, 0.4) is 0 Å². The van der Waals surface area contributed by atoms with Crippen molar-refractivity contribution in [1.82, 2.24) is 29.9 Å². The molecule has 1 saturated carbocycles. The Morgan fingerprint density at radius 3 is 2.66 bits per heavy atom. The number of nitrogens with one attached hydrogen (secondary N) is 1. The molecule has 1 N–H and O–H groups in total.